The van der Waals surface area contributed by atoms with Gasteiger partial charge in [0.15, 0.2) is 5.82 Å². The zero-order valence-electron chi connectivity index (χ0n) is 12.3. The summed E-state index contributed by atoms with van der Waals surface area (Å²) in [7, 11) is 0. The molecule has 1 spiro atoms. The summed E-state index contributed by atoms with van der Waals surface area (Å²) in [6.07, 6.45) is 8.49. The molecule has 1 saturated carbocycles. The average Bonchev–Trinajstić information content (AvgIpc) is 2.86. The molecule has 2 heterocycles. The van der Waals surface area contributed by atoms with E-state index in [1.165, 1.54) is 25.7 Å². The second kappa shape index (κ2) is 5.56. The largest absolute Gasteiger partial charge is 0.474 e. The Hall–Kier alpha value is -1.36. The Morgan fingerprint density at radius 2 is 2.10 bits per heavy atom. The van der Waals surface area contributed by atoms with Crippen LogP contribution in [0.4, 0.5) is 5.82 Å². The first kappa shape index (κ1) is 13.6. The fourth-order valence-corrected chi connectivity index (χ4v) is 3.15. The quantitative estimate of drug-likeness (QED) is 0.849. The number of hydrogen-bond acceptors (Lipinski definition) is 5. The number of morpholine rings is 1. The van der Waals surface area contributed by atoms with E-state index in [2.05, 4.69) is 14.9 Å². The molecule has 0 bridgehead atoms. The van der Waals surface area contributed by atoms with Crippen LogP contribution < -0.4 is 9.64 Å². The van der Waals surface area contributed by atoms with Gasteiger partial charge in [0.1, 0.15) is 0 Å². The van der Waals surface area contributed by atoms with Crippen LogP contribution in [0.3, 0.4) is 0 Å². The highest BCUT2D eigenvalue weighted by atomic mass is 16.5. The molecule has 1 aromatic rings. The number of hydrogen-bond donors (Lipinski definition) is 0. The summed E-state index contributed by atoms with van der Waals surface area (Å²) in [6, 6.07) is 0. The first-order chi connectivity index (χ1) is 9.67. The van der Waals surface area contributed by atoms with Crippen molar-refractivity contribution >= 4 is 5.82 Å². The van der Waals surface area contributed by atoms with Gasteiger partial charge < -0.3 is 14.4 Å². The second-order valence-corrected chi connectivity index (χ2v) is 6.04. The topological polar surface area (TPSA) is 47.5 Å². The van der Waals surface area contributed by atoms with E-state index in [0.717, 1.165) is 25.5 Å². The van der Waals surface area contributed by atoms with Gasteiger partial charge in [-0.15, -0.1) is 0 Å². The van der Waals surface area contributed by atoms with Crippen LogP contribution in [-0.2, 0) is 4.74 Å². The Labute approximate surface area is 120 Å². The van der Waals surface area contributed by atoms with E-state index in [4.69, 9.17) is 9.47 Å². The van der Waals surface area contributed by atoms with Gasteiger partial charge in [0.25, 0.3) is 0 Å². The van der Waals surface area contributed by atoms with E-state index in [1.807, 2.05) is 20.0 Å². The van der Waals surface area contributed by atoms with Crippen LogP contribution in [0.1, 0.15) is 39.5 Å². The zero-order chi connectivity index (χ0) is 14.0. The highest BCUT2D eigenvalue weighted by molar-refractivity contribution is 5.39. The first-order valence-electron chi connectivity index (χ1n) is 7.55. The van der Waals surface area contributed by atoms with Crippen LogP contribution in [0.15, 0.2) is 12.4 Å². The first-order valence-corrected chi connectivity index (χ1v) is 7.55. The summed E-state index contributed by atoms with van der Waals surface area (Å²) in [5, 5.41) is 0. The lowest BCUT2D eigenvalue weighted by Crippen LogP contribution is -2.50. The van der Waals surface area contributed by atoms with Crippen LogP contribution in [0.2, 0.25) is 0 Å². The predicted octanol–water partition coefficient (Wildman–Crippen LogP) is 2.41. The third-order valence-corrected chi connectivity index (χ3v) is 4.04. The van der Waals surface area contributed by atoms with Gasteiger partial charge in [-0.1, -0.05) is 12.8 Å². The molecule has 0 amide bonds. The van der Waals surface area contributed by atoms with Crippen molar-refractivity contribution < 1.29 is 9.47 Å². The van der Waals surface area contributed by atoms with Crippen LogP contribution in [0.25, 0.3) is 0 Å². The Balaban J connectivity index is 1.74. The highest BCUT2D eigenvalue weighted by Gasteiger charge is 2.39. The van der Waals surface area contributed by atoms with Crippen LogP contribution in [0, 0.1) is 0 Å². The molecular weight excluding hydrogens is 254 g/mol. The standard InChI is InChI=1S/C15H23N3O2/c1-12(2)20-14-10-16-9-13(17-14)18-7-8-19-15(11-18)5-3-4-6-15/h9-10,12H,3-8,11H2,1-2H3. The van der Waals surface area contributed by atoms with Gasteiger partial charge in [-0.05, 0) is 26.7 Å². The molecule has 3 rings (SSSR count). The third-order valence-electron chi connectivity index (χ3n) is 4.04. The van der Waals surface area contributed by atoms with Gasteiger partial charge >= 0.3 is 0 Å². The summed E-state index contributed by atoms with van der Waals surface area (Å²) in [4.78, 5) is 11.1. The van der Waals surface area contributed by atoms with Crippen molar-refractivity contribution in [2.24, 2.45) is 0 Å². The van der Waals surface area contributed by atoms with E-state index in [-0.39, 0.29) is 11.7 Å². The molecule has 2 aliphatic rings. The number of nitrogens with zero attached hydrogens (tertiary/aromatic N) is 3. The minimum atomic E-state index is 0.0504. The van der Waals surface area contributed by atoms with Gasteiger partial charge in [-0.2, -0.15) is 4.98 Å². The maximum Gasteiger partial charge on any atom is 0.234 e. The Morgan fingerprint density at radius 3 is 2.85 bits per heavy atom. The van der Waals surface area contributed by atoms with Crippen molar-refractivity contribution in [1.29, 1.82) is 0 Å². The molecule has 20 heavy (non-hydrogen) atoms. The number of rotatable bonds is 3. The van der Waals surface area contributed by atoms with Crippen molar-refractivity contribution in [3.63, 3.8) is 0 Å². The molecule has 110 valence electrons. The van der Waals surface area contributed by atoms with E-state index < -0.39 is 0 Å². The lowest BCUT2D eigenvalue weighted by Gasteiger charge is -2.41. The lowest BCUT2D eigenvalue weighted by atomic mass is 10.00. The smallest absolute Gasteiger partial charge is 0.234 e. The maximum atomic E-state index is 6.05. The Bertz CT molecular complexity index is 458. The van der Waals surface area contributed by atoms with Crippen molar-refractivity contribution in [1.82, 2.24) is 9.97 Å². The van der Waals surface area contributed by atoms with E-state index in [0.29, 0.717) is 5.88 Å². The monoisotopic (exact) mass is 277 g/mol. The molecule has 2 fully saturated rings. The summed E-state index contributed by atoms with van der Waals surface area (Å²) in [6.45, 7) is 6.57. The molecule has 5 heteroatoms. The maximum absolute atomic E-state index is 6.05. The second-order valence-electron chi connectivity index (χ2n) is 6.04. The fraction of sp³-hybridized carbons (Fsp3) is 0.733. The zero-order valence-corrected chi connectivity index (χ0v) is 12.3. The van der Waals surface area contributed by atoms with Crippen LogP contribution in [-0.4, -0.2) is 41.4 Å². The van der Waals surface area contributed by atoms with Gasteiger partial charge in [-0.3, -0.25) is 4.98 Å². The molecule has 0 N–H and O–H groups in total. The molecule has 5 nitrogen and oxygen atoms in total. The SMILES string of the molecule is CC(C)Oc1cncc(N2CCOC3(CCCC3)C2)n1. The number of anilines is 1. The summed E-state index contributed by atoms with van der Waals surface area (Å²) in [5.74, 6) is 1.50. The van der Waals surface area contributed by atoms with E-state index >= 15 is 0 Å². The van der Waals surface area contributed by atoms with Crippen LogP contribution >= 0.6 is 0 Å². The molecular formula is C15H23N3O2. The molecule has 1 aliphatic heterocycles. The lowest BCUT2D eigenvalue weighted by molar-refractivity contribution is -0.0503. The van der Waals surface area contributed by atoms with Gasteiger partial charge in [0, 0.05) is 13.1 Å². The normalized spacial score (nSPS) is 21.6. The molecule has 1 aromatic heterocycles. The molecule has 0 unspecified atom stereocenters. The summed E-state index contributed by atoms with van der Waals surface area (Å²) >= 11 is 0. The summed E-state index contributed by atoms with van der Waals surface area (Å²) < 4.78 is 11.7. The fourth-order valence-electron chi connectivity index (χ4n) is 3.15. The van der Waals surface area contributed by atoms with Crippen molar-refractivity contribution in [3.8, 4) is 5.88 Å². The number of ether oxygens (including phenoxy) is 2. The molecule has 1 saturated heterocycles. The van der Waals surface area contributed by atoms with Crippen LogP contribution in [0.5, 0.6) is 5.88 Å². The van der Waals surface area contributed by atoms with Crippen molar-refractivity contribution in [2.75, 3.05) is 24.6 Å². The molecule has 0 atom stereocenters. The Morgan fingerprint density at radius 1 is 1.30 bits per heavy atom. The molecule has 0 aromatic carbocycles. The van der Waals surface area contributed by atoms with Gasteiger partial charge in [-0.25, -0.2) is 0 Å². The van der Waals surface area contributed by atoms with Gasteiger partial charge in [0.05, 0.1) is 30.7 Å². The highest BCUT2D eigenvalue weighted by Crippen LogP contribution is 2.36. The predicted molar refractivity (Wildman–Crippen MR) is 77.2 cm³/mol. The minimum absolute atomic E-state index is 0.0504. The molecule has 0 radical (unpaired) electrons. The van der Waals surface area contributed by atoms with Gasteiger partial charge in [0.2, 0.25) is 5.88 Å². The van der Waals surface area contributed by atoms with E-state index in [1.54, 1.807) is 6.20 Å². The number of aromatic nitrogens is 2. The molecule has 1 aliphatic carbocycles. The summed E-state index contributed by atoms with van der Waals surface area (Å²) in [5.41, 5.74) is 0.0504. The third kappa shape index (κ3) is 2.87. The minimum Gasteiger partial charge on any atom is -0.474 e. The Kier molecular flexibility index (Phi) is 3.78. The van der Waals surface area contributed by atoms with Crippen molar-refractivity contribution in [2.45, 2.75) is 51.2 Å². The average molecular weight is 277 g/mol. The van der Waals surface area contributed by atoms with Crippen molar-refractivity contribution in [3.05, 3.63) is 12.4 Å². The van der Waals surface area contributed by atoms with E-state index in [9.17, 15) is 0 Å².